The van der Waals surface area contributed by atoms with E-state index in [1.54, 1.807) is 25.1 Å². The van der Waals surface area contributed by atoms with Crippen LogP contribution in [0.15, 0.2) is 27.7 Å². The van der Waals surface area contributed by atoms with Crippen LogP contribution in [0.2, 0.25) is 10.0 Å². The molecule has 0 spiro atoms. The Morgan fingerprint density at radius 3 is 2.89 bits per heavy atom. The van der Waals surface area contributed by atoms with Gasteiger partial charge in [0.25, 0.3) is 5.88 Å². The highest BCUT2D eigenvalue weighted by Gasteiger charge is 2.08. The van der Waals surface area contributed by atoms with Crippen LogP contribution in [-0.2, 0) is 0 Å². The predicted octanol–water partition coefficient (Wildman–Crippen LogP) is 3.61. The first-order valence-electron chi connectivity index (χ1n) is 5.22. The van der Waals surface area contributed by atoms with E-state index < -0.39 is 0 Å². The number of benzene rings is 1. The Kier molecular flexibility index (Phi) is 4.05. The molecule has 0 aliphatic carbocycles. The molecule has 2 aromatic rings. The van der Waals surface area contributed by atoms with E-state index in [4.69, 9.17) is 32.9 Å². The molecule has 0 saturated carbocycles. The lowest BCUT2D eigenvalue weighted by atomic mass is 10.2. The van der Waals surface area contributed by atoms with Crippen LogP contribution in [0.25, 0.3) is 0 Å². The number of nitrogens with zero attached hydrogens (tertiary/aromatic N) is 3. The highest BCUT2D eigenvalue weighted by Crippen LogP contribution is 2.22. The first-order chi connectivity index (χ1) is 9.10. The number of nitriles is 1. The molecular weight excluding hydrogens is 287 g/mol. The van der Waals surface area contributed by atoms with Crippen molar-refractivity contribution in [1.29, 1.82) is 5.26 Å². The number of nitrogens with one attached hydrogen (secondary N) is 1. The fraction of sp³-hybridized carbons (Fsp3) is 0.0833. The third kappa shape index (κ3) is 3.25. The molecule has 1 aromatic heterocycles. The quantitative estimate of drug-likeness (QED) is 0.693. The van der Waals surface area contributed by atoms with E-state index >= 15 is 0 Å². The highest BCUT2D eigenvalue weighted by molar-refractivity contribution is 6.42. The molecule has 1 N–H and O–H groups in total. The zero-order chi connectivity index (χ0) is 13.8. The van der Waals surface area contributed by atoms with Gasteiger partial charge in [-0.1, -0.05) is 29.3 Å². The van der Waals surface area contributed by atoms with Crippen molar-refractivity contribution in [3.05, 3.63) is 45.4 Å². The van der Waals surface area contributed by atoms with Gasteiger partial charge >= 0.3 is 0 Å². The van der Waals surface area contributed by atoms with Gasteiger partial charge in [0, 0.05) is 6.92 Å². The number of hydrogen-bond donors (Lipinski definition) is 1. The van der Waals surface area contributed by atoms with Crippen LogP contribution < -0.4 is 5.43 Å². The van der Waals surface area contributed by atoms with E-state index in [2.05, 4.69) is 15.5 Å². The van der Waals surface area contributed by atoms with Gasteiger partial charge in [-0.05, 0) is 17.7 Å². The maximum Gasteiger partial charge on any atom is 0.252 e. The Bertz CT molecular complexity index is 673. The number of aryl methyl sites for hydroxylation is 1. The van der Waals surface area contributed by atoms with Crippen molar-refractivity contribution in [3.63, 3.8) is 0 Å². The molecule has 0 radical (unpaired) electrons. The molecule has 96 valence electrons. The molecule has 1 aromatic carbocycles. The van der Waals surface area contributed by atoms with Crippen molar-refractivity contribution >= 4 is 35.3 Å². The third-order valence-corrected chi connectivity index (χ3v) is 2.90. The van der Waals surface area contributed by atoms with Crippen LogP contribution in [0, 0.1) is 18.3 Å². The summed E-state index contributed by atoms with van der Waals surface area (Å²) in [6, 6.07) is 7.01. The van der Waals surface area contributed by atoms with Gasteiger partial charge in [0.1, 0.15) is 6.07 Å². The van der Waals surface area contributed by atoms with Gasteiger partial charge in [0.15, 0.2) is 5.89 Å². The van der Waals surface area contributed by atoms with Crippen molar-refractivity contribution in [1.82, 2.24) is 4.98 Å². The number of anilines is 1. The average Bonchev–Trinajstić information content (AvgIpc) is 2.74. The number of aromatic nitrogens is 1. The summed E-state index contributed by atoms with van der Waals surface area (Å²) in [4.78, 5) is 3.88. The summed E-state index contributed by atoms with van der Waals surface area (Å²) < 4.78 is 5.18. The fourth-order valence-corrected chi connectivity index (χ4v) is 1.64. The molecule has 2 rings (SSSR count). The lowest BCUT2D eigenvalue weighted by Gasteiger charge is -1.97. The van der Waals surface area contributed by atoms with Gasteiger partial charge in [0.2, 0.25) is 5.69 Å². The van der Waals surface area contributed by atoms with Crippen LogP contribution in [-0.4, -0.2) is 11.2 Å². The minimum Gasteiger partial charge on any atom is -0.422 e. The third-order valence-electron chi connectivity index (χ3n) is 2.16. The zero-order valence-electron chi connectivity index (χ0n) is 9.82. The van der Waals surface area contributed by atoms with Gasteiger partial charge < -0.3 is 4.42 Å². The minimum atomic E-state index is 0.156. The lowest BCUT2D eigenvalue weighted by Crippen LogP contribution is -1.91. The van der Waals surface area contributed by atoms with Gasteiger partial charge in [-0.3, -0.25) is 0 Å². The summed E-state index contributed by atoms with van der Waals surface area (Å²) in [5.41, 5.74) is 3.53. The van der Waals surface area contributed by atoms with Crippen molar-refractivity contribution in [2.75, 3.05) is 5.43 Å². The molecule has 0 unspecified atom stereocenters. The molecule has 0 saturated heterocycles. The van der Waals surface area contributed by atoms with Crippen molar-refractivity contribution < 1.29 is 4.42 Å². The molecule has 0 aliphatic heterocycles. The van der Waals surface area contributed by atoms with Crippen LogP contribution in [0.4, 0.5) is 5.88 Å². The van der Waals surface area contributed by atoms with Gasteiger partial charge in [0.05, 0.1) is 16.3 Å². The molecule has 0 aliphatic rings. The minimum absolute atomic E-state index is 0.156. The van der Waals surface area contributed by atoms with Crippen molar-refractivity contribution in [3.8, 4) is 6.07 Å². The second-order valence-electron chi connectivity index (χ2n) is 3.57. The molecule has 5 nitrogen and oxygen atoms in total. The van der Waals surface area contributed by atoms with Crippen LogP contribution >= 0.6 is 23.2 Å². The Morgan fingerprint density at radius 1 is 1.42 bits per heavy atom. The zero-order valence-corrected chi connectivity index (χ0v) is 11.3. The number of hydrogen-bond acceptors (Lipinski definition) is 5. The van der Waals surface area contributed by atoms with Gasteiger partial charge in [-0.2, -0.15) is 10.4 Å². The predicted molar refractivity (Wildman–Crippen MR) is 73.6 cm³/mol. The standard InChI is InChI=1S/C12H8Cl2N4O/c1-7-17-11(5-15)12(19-7)18-16-6-8-2-3-9(13)10(14)4-8/h2-4,6,18H,1H3/b16-6+. The van der Waals surface area contributed by atoms with E-state index in [1.807, 2.05) is 6.07 Å². The first kappa shape index (κ1) is 13.4. The second-order valence-corrected chi connectivity index (χ2v) is 4.38. The summed E-state index contributed by atoms with van der Waals surface area (Å²) in [6.07, 6.45) is 1.53. The van der Waals surface area contributed by atoms with E-state index in [1.165, 1.54) is 6.21 Å². The van der Waals surface area contributed by atoms with Gasteiger partial charge in [-0.15, -0.1) is 0 Å². The molecule has 0 fully saturated rings. The Balaban J connectivity index is 2.11. The topological polar surface area (TPSA) is 74.2 Å². The monoisotopic (exact) mass is 294 g/mol. The van der Waals surface area contributed by atoms with Crippen LogP contribution in [0.1, 0.15) is 17.1 Å². The van der Waals surface area contributed by atoms with Crippen LogP contribution in [0.3, 0.4) is 0 Å². The number of halogens is 2. The van der Waals surface area contributed by atoms with E-state index in [0.29, 0.717) is 15.9 Å². The SMILES string of the molecule is Cc1nc(C#N)c(N/N=C/c2ccc(Cl)c(Cl)c2)o1. The molecule has 7 heteroatoms. The Morgan fingerprint density at radius 2 is 2.21 bits per heavy atom. The fourth-order valence-electron chi connectivity index (χ4n) is 1.34. The van der Waals surface area contributed by atoms with E-state index in [0.717, 1.165) is 5.56 Å². The molecule has 0 bridgehead atoms. The summed E-state index contributed by atoms with van der Waals surface area (Å²) in [6.45, 7) is 1.65. The second kappa shape index (κ2) is 5.74. The number of hydrazone groups is 1. The molecule has 0 amide bonds. The van der Waals surface area contributed by atoms with Gasteiger partial charge in [-0.25, -0.2) is 10.4 Å². The van der Waals surface area contributed by atoms with E-state index in [9.17, 15) is 0 Å². The Hall–Kier alpha value is -2.03. The largest absolute Gasteiger partial charge is 0.422 e. The smallest absolute Gasteiger partial charge is 0.252 e. The summed E-state index contributed by atoms with van der Waals surface area (Å²) in [5, 5.41) is 13.7. The van der Waals surface area contributed by atoms with E-state index in [-0.39, 0.29) is 11.6 Å². The molecule has 0 atom stereocenters. The average molecular weight is 295 g/mol. The summed E-state index contributed by atoms with van der Waals surface area (Å²) >= 11 is 11.7. The summed E-state index contributed by atoms with van der Waals surface area (Å²) in [5.74, 6) is 0.597. The number of rotatable bonds is 3. The van der Waals surface area contributed by atoms with Crippen molar-refractivity contribution in [2.24, 2.45) is 5.10 Å². The molecule has 1 heterocycles. The maximum atomic E-state index is 8.82. The molecule has 19 heavy (non-hydrogen) atoms. The Labute approximate surface area is 119 Å². The lowest BCUT2D eigenvalue weighted by molar-refractivity contribution is 0.533. The maximum absolute atomic E-state index is 8.82. The molecular formula is C12H8Cl2N4O. The highest BCUT2D eigenvalue weighted by atomic mass is 35.5. The first-order valence-corrected chi connectivity index (χ1v) is 5.97. The van der Waals surface area contributed by atoms with Crippen LogP contribution in [0.5, 0.6) is 0 Å². The summed E-state index contributed by atoms with van der Waals surface area (Å²) in [7, 11) is 0. The van der Waals surface area contributed by atoms with Crippen molar-refractivity contribution in [2.45, 2.75) is 6.92 Å². The number of oxazole rings is 1. The normalized spacial score (nSPS) is 10.6.